The van der Waals surface area contributed by atoms with Crippen LogP contribution in [-0.2, 0) is 14.3 Å². The summed E-state index contributed by atoms with van der Waals surface area (Å²) in [6.07, 6.45) is -2.28. The van der Waals surface area contributed by atoms with Gasteiger partial charge in [0.15, 0.2) is 5.79 Å². The van der Waals surface area contributed by atoms with Crippen molar-refractivity contribution >= 4 is 29.4 Å². The molecule has 0 spiro atoms. The maximum absolute atomic E-state index is 11.7. The number of carbonyl (C=O) groups excluding carboxylic acids is 1. The average molecular weight is 368 g/mol. The van der Waals surface area contributed by atoms with Crippen LogP contribution in [0, 0.1) is 0 Å². The third kappa shape index (κ3) is 6.10. The van der Waals surface area contributed by atoms with Crippen LogP contribution < -0.4 is 5.32 Å². The Kier molecular flexibility index (Phi) is 8.68. The molecule has 8 heteroatoms. The fourth-order valence-corrected chi connectivity index (χ4v) is 5.34. The minimum Gasteiger partial charge on any atom is -0.394 e. The van der Waals surface area contributed by atoms with E-state index in [2.05, 4.69) is 19.2 Å². The number of hydrogen-bond donors (Lipinski definition) is 3. The molecule has 1 fully saturated rings. The lowest BCUT2D eigenvalue weighted by Gasteiger charge is -2.33. The second-order valence-electron chi connectivity index (χ2n) is 5.82. The summed E-state index contributed by atoms with van der Waals surface area (Å²) in [5, 5.41) is 22.4. The molecule has 0 aliphatic carbocycles. The first-order chi connectivity index (χ1) is 10.8. The highest BCUT2D eigenvalue weighted by molar-refractivity contribution is 8.17. The second-order valence-corrected chi connectivity index (χ2v) is 8.96. The number of rotatable bonds is 9. The van der Waals surface area contributed by atoms with E-state index >= 15 is 0 Å². The van der Waals surface area contributed by atoms with Gasteiger partial charge in [0.05, 0.1) is 17.2 Å². The lowest BCUT2D eigenvalue weighted by molar-refractivity contribution is -0.158. The van der Waals surface area contributed by atoms with E-state index in [1.165, 1.54) is 6.92 Å². The monoisotopic (exact) mass is 367 g/mol. The van der Waals surface area contributed by atoms with Crippen LogP contribution in [-0.4, -0.2) is 69.0 Å². The number of carbonyl (C=O) groups is 1. The first-order valence-corrected chi connectivity index (χ1v) is 10.00. The predicted octanol–water partition coefficient (Wildman–Crippen LogP) is 1.20. The maximum Gasteiger partial charge on any atom is 0.217 e. The highest BCUT2D eigenvalue weighted by Crippen LogP contribution is 2.37. The summed E-state index contributed by atoms with van der Waals surface area (Å²) in [6, 6.07) is -0.324. The summed E-state index contributed by atoms with van der Waals surface area (Å²) >= 11 is 3.46. The van der Waals surface area contributed by atoms with Crippen molar-refractivity contribution in [1.29, 1.82) is 0 Å². The quantitative estimate of drug-likeness (QED) is 0.528. The molecule has 0 radical (unpaired) electrons. The lowest BCUT2D eigenvalue weighted by Crippen LogP contribution is -2.54. The van der Waals surface area contributed by atoms with Crippen LogP contribution >= 0.6 is 23.5 Å². The van der Waals surface area contributed by atoms with Crippen molar-refractivity contribution in [2.45, 2.75) is 69.3 Å². The van der Waals surface area contributed by atoms with E-state index in [-0.39, 0.29) is 16.5 Å². The van der Waals surface area contributed by atoms with Gasteiger partial charge in [-0.1, -0.05) is 13.8 Å². The summed E-state index contributed by atoms with van der Waals surface area (Å²) in [5.74, 6) is 0.773. The summed E-state index contributed by atoms with van der Waals surface area (Å²) in [6.45, 7) is 8.72. The van der Waals surface area contributed by atoms with Crippen molar-refractivity contribution in [3.05, 3.63) is 0 Å². The standard InChI is InChI=1S/C15H29NO5S2/c1-6-22-14(23-7-2)11(16-9(3)18)13-12(10(19)8-17)20-15(4,5)21-13/h10-14,17,19H,6-8H2,1-5H3,(H,16,18). The minimum absolute atomic E-state index is 0.0739. The molecule has 1 saturated heterocycles. The Bertz CT molecular complexity index is 377. The van der Waals surface area contributed by atoms with Crippen molar-refractivity contribution in [1.82, 2.24) is 5.32 Å². The Balaban J connectivity index is 3.08. The first-order valence-electron chi connectivity index (χ1n) is 7.90. The molecule has 1 amide bonds. The summed E-state index contributed by atoms with van der Waals surface area (Å²) < 4.78 is 11.8. The minimum atomic E-state index is -1.06. The Morgan fingerprint density at radius 1 is 1.22 bits per heavy atom. The zero-order chi connectivity index (χ0) is 17.6. The lowest BCUT2D eigenvalue weighted by atomic mass is 10.0. The fourth-order valence-electron chi connectivity index (χ4n) is 2.62. The van der Waals surface area contributed by atoms with Gasteiger partial charge in [0.2, 0.25) is 5.91 Å². The molecule has 4 unspecified atom stereocenters. The number of hydrogen-bond acceptors (Lipinski definition) is 7. The van der Waals surface area contributed by atoms with Gasteiger partial charge in [-0.2, -0.15) is 0 Å². The molecule has 0 aromatic heterocycles. The van der Waals surface area contributed by atoms with Crippen LogP contribution in [0.2, 0.25) is 0 Å². The molecule has 3 N–H and O–H groups in total. The number of ether oxygens (including phenoxy) is 2. The van der Waals surface area contributed by atoms with Crippen molar-refractivity contribution < 1.29 is 24.5 Å². The molecular formula is C15H29NO5S2. The predicted molar refractivity (Wildman–Crippen MR) is 94.6 cm³/mol. The third-order valence-electron chi connectivity index (χ3n) is 3.41. The van der Waals surface area contributed by atoms with Gasteiger partial charge in [-0.25, -0.2) is 0 Å². The molecular weight excluding hydrogens is 338 g/mol. The molecule has 4 atom stereocenters. The first kappa shape index (κ1) is 21.1. The molecule has 136 valence electrons. The topological polar surface area (TPSA) is 88.0 Å². The normalized spacial score (nSPS) is 26.3. The fraction of sp³-hybridized carbons (Fsp3) is 0.933. The van der Waals surface area contributed by atoms with Crippen molar-refractivity contribution in [2.75, 3.05) is 18.1 Å². The highest BCUT2D eigenvalue weighted by atomic mass is 32.2. The molecule has 1 heterocycles. The van der Waals surface area contributed by atoms with Gasteiger partial charge in [0, 0.05) is 6.92 Å². The van der Waals surface area contributed by atoms with E-state index in [1.54, 1.807) is 37.4 Å². The summed E-state index contributed by atoms with van der Waals surface area (Å²) in [5.41, 5.74) is 0. The van der Waals surface area contributed by atoms with Crippen molar-refractivity contribution in [2.24, 2.45) is 0 Å². The van der Waals surface area contributed by atoms with Crippen LogP contribution in [0.1, 0.15) is 34.6 Å². The molecule has 0 saturated carbocycles. The number of nitrogens with one attached hydrogen (secondary N) is 1. The highest BCUT2D eigenvalue weighted by Gasteiger charge is 2.50. The molecule has 0 aromatic carbocycles. The van der Waals surface area contributed by atoms with E-state index in [0.29, 0.717) is 0 Å². The number of amides is 1. The average Bonchev–Trinajstić information content (AvgIpc) is 2.79. The van der Waals surface area contributed by atoms with E-state index < -0.39 is 30.7 Å². The Hall–Kier alpha value is 0.01000. The second kappa shape index (κ2) is 9.48. The molecule has 6 nitrogen and oxygen atoms in total. The van der Waals surface area contributed by atoms with E-state index in [9.17, 15) is 15.0 Å². The van der Waals surface area contributed by atoms with Gasteiger partial charge in [-0.3, -0.25) is 4.79 Å². The van der Waals surface area contributed by atoms with E-state index in [0.717, 1.165) is 11.5 Å². The van der Waals surface area contributed by atoms with Crippen LogP contribution in [0.4, 0.5) is 0 Å². The SMILES string of the molecule is CCSC(SCC)C(NC(C)=O)C1OC(C)(C)OC1C(O)CO. The van der Waals surface area contributed by atoms with Gasteiger partial charge in [0.1, 0.15) is 18.3 Å². The molecule has 0 bridgehead atoms. The number of thioether (sulfide) groups is 2. The molecule has 1 aliphatic rings. The number of aliphatic hydroxyl groups excluding tert-OH is 2. The zero-order valence-corrected chi connectivity index (χ0v) is 16.1. The van der Waals surface area contributed by atoms with Gasteiger partial charge in [-0.05, 0) is 25.4 Å². The Morgan fingerprint density at radius 2 is 1.74 bits per heavy atom. The maximum atomic E-state index is 11.7. The van der Waals surface area contributed by atoms with Gasteiger partial charge < -0.3 is 25.0 Å². The van der Waals surface area contributed by atoms with Crippen LogP contribution in [0.3, 0.4) is 0 Å². The molecule has 1 rings (SSSR count). The van der Waals surface area contributed by atoms with Crippen LogP contribution in [0.25, 0.3) is 0 Å². The molecule has 23 heavy (non-hydrogen) atoms. The van der Waals surface area contributed by atoms with Crippen molar-refractivity contribution in [3.63, 3.8) is 0 Å². The van der Waals surface area contributed by atoms with Gasteiger partial charge in [0.25, 0.3) is 0 Å². The smallest absolute Gasteiger partial charge is 0.217 e. The summed E-state index contributed by atoms with van der Waals surface area (Å²) in [4.78, 5) is 11.7. The van der Waals surface area contributed by atoms with Crippen molar-refractivity contribution in [3.8, 4) is 0 Å². The van der Waals surface area contributed by atoms with Crippen LogP contribution in [0.5, 0.6) is 0 Å². The van der Waals surface area contributed by atoms with E-state index in [4.69, 9.17) is 9.47 Å². The molecule has 1 aliphatic heterocycles. The Labute approximate surface area is 147 Å². The molecule has 0 aromatic rings. The van der Waals surface area contributed by atoms with E-state index in [1.807, 2.05) is 0 Å². The Morgan fingerprint density at radius 3 is 2.17 bits per heavy atom. The van der Waals surface area contributed by atoms with Gasteiger partial charge in [-0.15, -0.1) is 23.5 Å². The van der Waals surface area contributed by atoms with Gasteiger partial charge >= 0.3 is 0 Å². The largest absolute Gasteiger partial charge is 0.394 e. The summed E-state index contributed by atoms with van der Waals surface area (Å²) in [7, 11) is 0. The number of aliphatic hydroxyl groups is 2. The van der Waals surface area contributed by atoms with Crippen LogP contribution in [0.15, 0.2) is 0 Å². The third-order valence-corrected chi connectivity index (χ3v) is 6.14. The zero-order valence-electron chi connectivity index (χ0n) is 14.4.